The van der Waals surface area contributed by atoms with E-state index in [9.17, 15) is 26.4 Å². The highest BCUT2D eigenvalue weighted by Crippen LogP contribution is 2.34. The van der Waals surface area contributed by atoms with Crippen LogP contribution in [0.15, 0.2) is 42.5 Å². The van der Waals surface area contributed by atoms with Crippen LogP contribution in [0.1, 0.15) is 31.7 Å². The van der Waals surface area contributed by atoms with E-state index < -0.39 is 33.2 Å². The Hall–Kier alpha value is -2.59. The number of ether oxygens (including phenoxy) is 1. The van der Waals surface area contributed by atoms with Gasteiger partial charge in [-0.15, -0.1) is 0 Å². The summed E-state index contributed by atoms with van der Waals surface area (Å²) in [5, 5.41) is -3.95. The second kappa shape index (κ2) is 8.98. The van der Waals surface area contributed by atoms with Gasteiger partial charge in [-0.05, 0) is 36.5 Å². The number of fused-ring (bicyclic) bond motifs is 5. The van der Waals surface area contributed by atoms with Crippen molar-refractivity contribution >= 4 is 15.9 Å². The van der Waals surface area contributed by atoms with E-state index in [4.69, 9.17) is 4.74 Å². The van der Waals surface area contributed by atoms with Crippen LogP contribution in [-0.4, -0.2) is 49.7 Å². The van der Waals surface area contributed by atoms with Gasteiger partial charge in [0.15, 0.2) is 11.6 Å². The lowest BCUT2D eigenvalue weighted by Crippen LogP contribution is -2.59. The molecule has 0 aromatic heterocycles. The number of nitrogens with one attached hydrogen (secondary N) is 1. The molecule has 1 N–H and O–H groups in total. The van der Waals surface area contributed by atoms with Gasteiger partial charge in [0, 0.05) is 25.1 Å². The van der Waals surface area contributed by atoms with Crippen molar-refractivity contribution in [2.24, 2.45) is 0 Å². The van der Waals surface area contributed by atoms with Crippen LogP contribution >= 0.6 is 0 Å². The molecule has 0 radical (unpaired) electrons. The van der Waals surface area contributed by atoms with Crippen LogP contribution in [0.5, 0.6) is 5.75 Å². The molecular formula is C23H25F3N2O4S. The Labute approximate surface area is 190 Å². The maximum Gasteiger partial charge on any atom is 0.356 e. The largest absolute Gasteiger partial charge is 0.489 e. The third-order valence-corrected chi connectivity index (χ3v) is 7.65. The molecule has 1 saturated heterocycles. The third-order valence-electron chi connectivity index (χ3n) is 6.09. The van der Waals surface area contributed by atoms with Gasteiger partial charge in [-0.2, -0.15) is 8.78 Å². The van der Waals surface area contributed by atoms with Crippen molar-refractivity contribution in [1.82, 2.24) is 9.62 Å². The number of carbonyl (C=O) groups is 1. The molecule has 0 aliphatic carbocycles. The summed E-state index contributed by atoms with van der Waals surface area (Å²) >= 11 is 0. The first kappa shape index (κ1) is 23.6. The van der Waals surface area contributed by atoms with Crippen molar-refractivity contribution in [2.45, 2.75) is 49.9 Å². The Morgan fingerprint density at radius 2 is 1.94 bits per heavy atom. The van der Waals surface area contributed by atoms with Gasteiger partial charge >= 0.3 is 5.25 Å². The fraction of sp³-hybridized carbons (Fsp3) is 0.435. The van der Waals surface area contributed by atoms with Gasteiger partial charge < -0.3 is 9.64 Å². The van der Waals surface area contributed by atoms with Crippen molar-refractivity contribution in [3.63, 3.8) is 0 Å². The van der Waals surface area contributed by atoms with Crippen LogP contribution in [0.25, 0.3) is 11.1 Å². The molecule has 4 rings (SSSR count). The number of carbonyl (C=O) groups excluding carboxylic acids is 1. The number of hydrogen-bond acceptors (Lipinski definition) is 4. The molecule has 1 fully saturated rings. The summed E-state index contributed by atoms with van der Waals surface area (Å²) in [7, 11) is -4.92. The number of nitrogens with zero attached hydrogens (tertiary/aromatic N) is 1. The molecule has 2 aromatic rings. The number of sulfonamides is 1. The van der Waals surface area contributed by atoms with E-state index >= 15 is 0 Å². The maximum absolute atomic E-state index is 14.5. The van der Waals surface area contributed by atoms with Crippen molar-refractivity contribution < 1.29 is 31.1 Å². The molecule has 2 unspecified atom stereocenters. The molecule has 1 amide bonds. The van der Waals surface area contributed by atoms with Gasteiger partial charge in [-0.1, -0.05) is 36.4 Å². The van der Waals surface area contributed by atoms with Crippen molar-refractivity contribution in [1.29, 1.82) is 0 Å². The zero-order valence-corrected chi connectivity index (χ0v) is 18.9. The van der Waals surface area contributed by atoms with Crippen molar-refractivity contribution in [3.8, 4) is 16.9 Å². The highest BCUT2D eigenvalue weighted by atomic mass is 32.2. The average molecular weight is 483 g/mol. The molecule has 0 saturated carbocycles. The monoisotopic (exact) mass is 482 g/mol. The van der Waals surface area contributed by atoms with Crippen LogP contribution < -0.4 is 9.46 Å². The summed E-state index contributed by atoms with van der Waals surface area (Å²) in [6.07, 6.45) is 0.992. The minimum absolute atomic E-state index is 0.0540. The second-order valence-electron chi connectivity index (χ2n) is 8.45. The van der Waals surface area contributed by atoms with E-state index in [0.29, 0.717) is 37.4 Å². The van der Waals surface area contributed by atoms with Crippen LogP contribution in [-0.2, 0) is 21.2 Å². The number of halogens is 3. The fourth-order valence-electron chi connectivity index (χ4n) is 4.43. The average Bonchev–Trinajstić information content (AvgIpc) is 2.74. The molecule has 2 aliphatic rings. The normalized spacial score (nSPS) is 21.8. The topological polar surface area (TPSA) is 75.7 Å². The van der Waals surface area contributed by atoms with Gasteiger partial charge in [0.1, 0.15) is 0 Å². The number of para-hydroxylation sites is 1. The predicted octanol–water partition coefficient (Wildman–Crippen LogP) is 3.71. The smallest absolute Gasteiger partial charge is 0.356 e. The highest BCUT2D eigenvalue weighted by Gasteiger charge is 2.44. The lowest BCUT2D eigenvalue weighted by atomic mass is 9.90. The van der Waals surface area contributed by atoms with Crippen molar-refractivity contribution in [2.75, 3.05) is 13.2 Å². The zero-order chi connectivity index (χ0) is 23.8. The zero-order valence-electron chi connectivity index (χ0n) is 18.1. The minimum atomic E-state index is -4.92. The van der Waals surface area contributed by atoms with Crippen LogP contribution in [0.3, 0.4) is 0 Å². The molecule has 2 heterocycles. The van der Waals surface area contributed by atoms with Gasteiger partial charge in [0.2, 0.25) is 5.91 Å². The van der Waals surface area contributed by atoms with Crippen LogP contribution in [0.2, 0.25) is 0 Å². The third kappa shape index (κ3) is 4.86. The second-order valence-corrected chi connectivity index (χ2v) is 10.4. The molecule has 2 bridgehead atoms. The van der Waals surface area contributed by atoms with E-state index in [0.717, 1.165) is 5.56 Å². The van der Waals surface area contributed by atoms with Crippen LogP contribution in [0, 0.1) is 5.82 Å². The molecule has 2 aliphatic heterocycles. The molecule has 2 aromatic carbocycles. The van der Waals surface area contributed by atoms with E-state index in [2.05, 4.69) is 4.72 Å². The van der Waals surface area contributed by atoms with E-state index in [1.54, 1.807) is 24.3 Å². The maximum atomic E-state index is 14.5. The highest BCUT2D eigenvalue weighted by molar-refractivity contribution is 7.90. The van der Waals surface area contributed by atoms with Crippen molar-refractivity contribution in [3.05, 3.63) is 53.8 Å². The standard InChI is InChI=1S/C23H25F3N2O4S/c1-23(25,26)33(30,31)27-19-9-4-11-28-20(19)14-15-5-2-6-16(13-15)17-7-3-8-18(24)22(17)32-12-10-21(28)29/h2-3,5-8,13,19-20,27H,4,9-12,14H2,1H3. The van der Waals surface area contributed by atoms with E-state index in [1.807, 2.05) is 12.1 Å². The Morgan fingerprint density at radius 3 is 2.70 bits per heavy atom. The minimum Gasteiger partial charge on any atom is -0.489 e. The molecule has 33 heavy (non-hydrogen) atoms. The summed E-state index contributed by atoms with van der Waals surface area (Å²) in [5.41, 5.74) is 2.00. The Morgan fingerprint density at radius 1 is 1.18 bits per heavy atom. The molecule has 2 atom stereocenters. The number of benzene rings is 2. The Bertz CT molecular complexity index is 1150. The first-order valence-corrected chi connectivity index (χ1v) is 12.2. The lowest BCUT2D eigenvalue weighted by Gasteiger charge is -2.42. The number of piperidine rings is 1. The first-order chi connectivity index (χ1) is 15.6. The predicted molar refractivity (Wildman–Crippen MR) is 117 cm³/mol. The first-order valence-electron chi connectivity index (χ1n) is 10.8. The molecule has 6 nitrogen and oxygen atoms in total. The number of hydrogen-bond donors (Lipinski definition) is 1. The quantitative estimate of drug-likeness (QED) is 0.724. The van der Waals surface area contributed by atoms with Gasteiger partial charge in [-0.25, -0.2) is 17.5 Å². The lowest BCUT2D eigenvalue weighted by molar-refractivity contribution is -0.136. The summed E-state index contributed by atoms with van der Waals surface area (Å²) in [4.78, 5) is 14.6. The fourth-order valence-corrected chi connectivity index (χ4v) is 5.31. The number of alkyl halides is 2. The Kier molecular flexibility index (Phi) is 6.41. The van der Waals surface area contributed by atoms with Crippen LogP contribution in [0.4, 0.5) is 13.2 Å². The molecular weight excluding hydrogens is 457 g/mol. The molecule has 0 spiro atoms. The SMILES string of the molecule is CC(F)(F)S(=O)(=O)NC1CCCN2C(=O)CCOc3c(F)cccc3-c3cccc(c3)CC12. The summed E-state index contributed by atoms with van der Waals surface area (Å²) in [6, 6.07) is 10.3. The number of rotatable bonds is 3. The molecule has 10 heteroatoms. The van der Waals surface area contributed by atoms with Gasteiger partial charge in [-0.3, -0.25) is 4.79 Å². The molecule has 178 valence electrons. The van der Waals surface area contributed by atoms with Gasteiger partial charge in [0.25, 0.3) is 10.0 Å². The van der Waals surface area contributed by atoms with Gasteiger partial charge in [0.05, 0.1) is 19.1 Å². The Balaban J connectivity index is 1.75. The summed E-state index contributed by atoms with van der Waals surface area (Å²) < 4.78 is 74.0. The summed E-state index contributed by atoms with van der Waals surface area (Å²) in [5.74, 6) is -0.774. The summed E-state index contributed by atoms with van der Waals surface area (Å²) in [6.45, 7) is 0.632. The van der Waals surface area contributed by atoms with E-state index in [-0.39, 0.29) is 31.1 Å². The van der Waals surface area contributed by atoms with E-state index in [1.165, 1.54) is 11.0 Å². The number of amides is 1.